The standard InChI is InChI=1S/C9H20N2O2S2/c1-7(10)3-5-14-15-6-4-8(11)9(12)13-2/h7-8H,3-6,10-11H2,1-2H3/t7-,8+/m1/s1. The SMILES string of the molecule is COC(=O)[C@@H](N)CCSSCC[C@@H](C)N. The number of hydrogen-bond acceptors (Lipinski definition) is 6. The third-order valence-electron chi connectivity index (χ3n) is 1.76. The van der Waals surface area contributed by atoms with Crippen molar-refractivity contribution in [2.45, 2.75) is 31.8 Å². The van der Waals surface area contributed by atoms with Crippen LogP contribution in [-0.2, 0) is 9.53 Å². The molecule has 15 heavy (non-hydrogen) atoms. The number of ether oxygens (including phenoxy) is 1. The quantitative estimate of drug-likeness (QED) is 0.381. The van der Waals surface area contributed by atoms with Gasteiger partial charge in [-0.15, -0.1) is 0 Å². The number of carbonyl (C=O) groups is 1. The Morgan fingerprint density at radius 3 is 2.27 bits per heavy atom. The Labute approximate surface area is 99.3 Å². The van der Waals surface area contributed by atoms with E-state index < -0.39 is 6.04 Å². The maximum Gasteiger partial charge on any atom is 0.322 e. The first-order valence-electron chi connectivity index (χ1n) is 4.91. The van der Waals surface area contributed by atoms with Crippen LogP contribution in [0.15, 0.2) is 0 Å². The molecular formula is C9H20N2O2S2. The summed E-state index contributed by atoms with van der Waals surface area (Å²) in [5, 5.41) is 0. The minimum atomic E-state index is -0.489. The lowest BCUT2D eigenvalue weighted by molar-refractivity contribution is -0.142. The highest BCUT2D eigenvalue weighted by Crippen LogP contribution is 2.23. The lowest BCUT2D eigenvalue weighted by Crippen LogP contribution is -2.31. The normalized spacial score (nSPS) is 14.7. The van der Waals surface area contributed by atoms with Gasteiger partial charge in [0.25, 0.3) is 0 Å². The van der Waals surface area contributed by atoms with E-state index in [1.807, 2.05) is 6.92 Å². The molecule has 0 heterocycles. The van der Waals surface area contributed by atoms with Crippen molar-refractivity contribution in [2.24, 2.45) is 11.5 Å². The van der Waals surface area contributed by atoms with Crippen LogP contribution in [0, 0.1) is 0 Å². The van der Waals surface area contributed by atoms with E-state index in [4.69, 9.17) is 11.5 Å². The molecule has 0 fully saturated rings. The molecule has 0 aliphatic heterocycles. The molecule has 0 aliphatic carbocycles. The Morgan fingerprint density at radius 1 is 1.27 bits per heavy atom. The maximum absolute atomic E-state index is 10.9. The highest BCUT2D eigenvalue weighted by Gasteiger charge is 2.12. The van der Waals surface area contributed by atoms with Crippen LogP contribution in [0.25, 0.3) is 0 Å². The number of methoxy groups -OCH3 is 1. The highest BCUT2D eigenvalue weighted by atomic mass is 33.1. The van der Waals surface area contributed by atoms with Crippen molar-refractivity contribution in [1.29, 1.82) is 0 Å². The molecule has 0 aromatic heterocycles. The van der Waals surface area contributed by atoms with E-state index in [0.29, 0.717) is 6.42 Å². The van der Waals surface area contributed by atoms with Crippen LogP contribution in [0.3, 0.4) is 0 Å². The largest absolute Gasteiger partial charge is 0.468 e. The van der Waals surface area contributed by atoms with Crippen molar-refractivity contribution < 1.29 is 9.53 Å². The minimum Gasteiger partial charge on any atom is -0.468 e. The Balaban J connectivity index is 3.27. The van der Waals surface area contributed by atoms with Gasteiger partial charge < -0.3 is 16.2 Å². The third kappa shape index (κ3) is 9.04. The minimum absolute atomic E-state index is 0.260. The Hall–Kier alpha value is 0.0900. The second kappa shape index (κ2) is 9.33. The maximum atomic E-state index is 10.9. The van der Waals surface area contributed by atoms with Crippen LogP contribution < -0.4 is 11.5 Å². The fraction of sp³-hybridized carbons (Fsp3) is 0.889. The van der Waals surface area contributed by atoms with Crippen molar-refractivity contribution in [3.05, 3.63) is 0 Å². The molecule has 0 saturated heterocycles. The van der Waals surface area contributed by atoms with Crippen LogP contribution in [0.2, 0.25) is 0 Å². The fourth-order valence-corrected chi connectivity index (χ4v) is 3.13. The average molecular weight is 252 g/mol. The molecular weight excluding hydrogens is 232 g/mol. The number of rotatable bonds is 8. The molecule has 0 rings (SSSR count). The highest BCUT2D eigenvalue weighted by molar-refractivity contribution is 8.76. The summed E-state index contributed by atoms with van der Waals surface area (Å²) < 4.78 is 4.53. The summed E-state index contributed by atoms with van der Waals surface area (Å²) in [6, 6.07) is -0.230. The second-order valence-corrected chi connectivity index (χ2v) is 6.03. The first-order chi connectivity index (χ1) is 7.07. The van der Waals surface area contributed by atoms with Crippen LogP contribution >= 0.6 is 21.6 Å². The van der Waals surface area contributed by atoms with Gasteiger partial charge in [0, 0.05) is 17.5 Å². The van der Waals surface area contributed by atoms with Gasteiger partial charge >= 0.3 is 5.97 Å². The zero-order valence-corrected chi connectivity index (χ0v) is 10.9. The zero-order chi connectivity index (χ0) is 11.7. The van der Waals surface area contributed by atoms with Crippen molar-refractivity contribution >= 4 is 27.6 Å². The molecule has 0 aromatic rings. The van der Waals surface area contributed by atoms with Crippen molar-refractivity contribution in [3.8, 4) is 0 Å². The summed E-state index contributed by atoms with van der Waals surface area (Å²) in [4.78, 5) is 10.9. The van der Waals surface area contributed by atoms with E-state index in [2.05, 4.69) is 4.74 Å². The molecule has 2 atom stereocenters. The van der Waals surface area contributed by atoms with E-state index in [1.165, 1.54) is 7.11 Å². The molecule has 0 aromatic carbocycles. The van der Waals surface area contributed by atoms with Crippen molar-refractivity contribution in [2.75, 3.05) is 18.6 Å². The monoisotopic (exact) mass is 252 g/mol. The van der Waals surface area contributed by atoms with Gasteiger partial charge in [-0.05, 0) is 19.8 Å². The van der Waals surface area contributed by atoms with Gasteiger partial charge in [0.1, 0.15) is 6.04 Å². The molecule has 0 saturated carbocycles. The van der Waals surface area contributed by atoms with Gasteiger partial charge in [-0.3, -0.25) is 4.79 Å². The number of nitrogens with two attached hydrogens (primary N) is 2. The Bertz CT molecular complexity index is 179. The lowest BCUT2D eigenvalue weighted by atomic mass is 10.2. The van der Waals surface area contributed by atoms with Gasteiger partial charge in [0.15, 0.2) is 0 Å². The van der Waals surface area contributed by atoms with Gasteiger partial charge in [0.2, 0.25) is 0 Å². The van der Waals surface area contributed by atoms with E-state index >= 15 is 0 Å². The fourth-order valence-electron chi connectivity index (χ4n) is 0.796. The zero-order valence-electron chi connectivity index (χ0n) is 9.27. The Kier molecular flexibility index (Phi) is 9.38. The van der Waals surface area contributed by atoms with E-state index in [-0.39, 0.29) is 12.0 Å². The first kappa shape index (κ1) is 15.1. The molecule has 4 N–H and O–H groups in total. The Morgan fingerprint density at radius 2 is 1.80 bits per heavy atom. The number of carbonyl (C=O) groups excluding carboxylic acids is 1. The van der Waals surface area contributed by atoms with Crippen LogP contribution in [0.1, 0.15) is 19.8 Å². The van der Waals surface area contributed by atoms with E-state index in [9.17, 15) is 4.79 Å². The molecule has 4 nitrogen and oxygen atoms in total. The van der Waals surface area contributed by atoms with Gasteiger partial charge in [-0.2, -0.15) is 0 Å². The van der Waals surface area contributed by atoms with Crippen LogP contribution in [0.4, 0.5) is 0 Å². The summed E-state index contributed by atoms with van der Waals surface area (Å²) in [6.45, 7) is 2.00. The number of esters is 1. The first-order valence-corrected chi connectivity index (χ1v) is 7.40. The molecule has 0 bridgehead atoms. The van der Waals surface area contributed by atoms with Crippen molar-refractivity contribution in [3.63, 3.8) is 0 Å². The van der Waals surface area contributed by atoms with Crippen LogP contribution in [-0.4, -0.2) is 36.7 Å². The van der Waals surface area contributed by atoms with Gasteiger partial charge in [0.05, 0.1) is 7.11 Å². The van der Waals surface area contributed by atoms with E-state index in [0.717, 1.165) is 17.9 Å². The summed E-state index contributed by atoms with van der Waals surface area (Å²) in [5.74, 6) is 1.56. The summed E-state index contributed by atoms with van der Waals surface area (Å²) in [7, 11) is 4.85. The molecule has 90 valence electrons. The molecule has 0 amide bonds. The van der Waals surface area contributed by atoms with Crippen molar-refractivity contribution in [1.82, 2.24) is 0 Å². The topological polar surface area (TPSA) is 78.3 Å². The van der Waals surface area contributed by atoms with Crippen LogP contribution in [0.5, 0.6) is 0 Å². The van der Waals surface area contributed by atoms with Gasteiger partial charge in [-0.25, -0.2) is 0 Å². The second-order valence-electron chi connectivity index (χ2n) is 3.33. The summed E-state index contributed by atoms with van der Waals surface area (Å²) in [6.07, 6.45) is 1.67. The average Bonchev–Trinajstić information content (AvgIpc) is 2.21. The smallest absolute Gasteiger partial charge is 0.322 e. The lowest BCUT2D eigenvalue weighted by Gasteiger charge is -2.08. The third-order valence-corrected chi connectivity index (χ3v) is 4.23. The predicted molar refractivity (Wildman–Crippen MR) is 67.8 cm³/mol. The molecule has 0 spiro atoms. The number of hydrogen-bond donors (Lipinski definition) is 2. The molecule has 0 aliphatic rings. The van der Waals surface area contributed by atoms with E-state index in [1.54, 1.807) is 21.6 Å². The van der Waals surface area contributed by atoms with Gasteiger partial charge in [-0.1, -0.05) is 21.6 Å². The molecule has 6 heteroatoms. The summed E-state index contributed by atoms with van der Waals surface area (Å²) >= 11 is 0. The molecule has 0 radical (unpaired) electrons. The molecule has 0 unspecified atom stereocenters. The predicted octanol–water partition coefficient (Wildman–Crippen LogP) is 0.995. The summed E-state index contributed by atoms with van der Waals surface area (Å²) in [5.41, 5.74) is 11.2.